The molecule has 100 valence electrons. The van der Waals surface area contributed by atoms with Gasteiger partial charge in [-0.05, 0) is 39.8 Å². The van der Waals surface area contributed by atoms with E-state index in [1.807, 2.05) is 0 Å². The molecule has 0 aliphatic carbocycles. The van der Waals surface area contributed by atoms with Crippen LogP contribution in [0.3, 0.4) is 0 Å². The topological polar surface area (TPSA) is 66.8 Å². The zero-order chi connectivity index (χ0) is 14.0. The van der Waals surface area contributed by atoms with Crippen LogP contribution in [0.25, 0.3) is 0 Å². The van der Waals surface area contributed by atoms with Crippen molar-refractivity contribution in [1.82, 2.24) is 4.65 Å². The number of hydrogen-bond donors (Lipinski definition) is 2. The zero-order valence-corrected chi connectivity index (χ0v) is 11.2. The minimum atomic E-state index is -0.947. The highest BCUT2D eigenvalue weighted by atomic mass is 16.7. The van der Waals surface area contributed by atoms with Crippen molar-refractivity contribution in [3.63, 3.8) is 0 Å². The van der Waals surface area contributed by atoms with Gasteiger partial charge in [-0.15, -0.1) is 0 Å². The van der Waals surface area contributed by atoms with Gasteiger partial charge in [0.15, 0.2) is 5.69 Å². The van der Waals surface area contributed by atoms with Crippen LogP contribution in [0.15, 0.2) is 24.3 Å². The van der Waals surface area contributed by atoms with E-state index >= 15 is 0 Å². The summed E-state index contributed by atoms with van der Waals surface area (Å²) in [6, 6.07) is 5.81. The lowest BCUT2D eigenvalue weighted by Crippen LogP contribution is -2.53. The Kier molecular flexibility index (Phi) is 3.98. The van der Waals surface area contributed by atoms with Gasteiger partial charge in [0.2, 0.25) is 0 Å². The van der Waals surface area contributed by atoms with E-state index in [0.29, 0.717) is 5.69 Å². The summed E-state index contributed by atoms with van der Waals surface area (Å²) in [6.07, 6.45) is -0.740. The molecule has 1 aromatic carbocycles. The van der Waals surface area contributed by atoms with Crippen LogP contribution in [0, 0.1) is 0 Å². The summed E-state index contributed by atoms with van der Waals surface area (Å²) in [5, 5.41) is 19.6. The number of phenolic OH excluding ortho intramolecular Hbond substituents is 1. The molecule has 0 aliphatic heterocycles. The van der Waals surface area contributed by atoms with Crippen LogP contribution < -0.4 is 4.65 Å². The Balaban J connectivity index is 3.05. The highest BCUT2D eigenvalue weighted by Crippen LogP contribution is 2.26. The summed E-state index contributed by atoms with van der Waals surface area (Å²) in [6.45, 7) is 7.03. The average molecular weight is 254 g/mol. The van der Waals surface area contributed by atoms with E-state index in [1.54, 1.807) is 27.7 Å². The van der Waals surface area contributed by atoms with E-state index in [2.05, 4.69) is 0 Å². The molecular formula is C13H20NO4+. The first kappa shape index (κ1) is 14.5. The average Bonchev–Trinajstić information content (AvgIpc) is 2.26. The SMILES string of the molecule is CC[N+](O)(C(=O)OC(C)(C)C)c1ccc(O)cc1. The number of aromatic hydroxyl groups is 1. The smallest absolute Gasteiger partial charge is 0.508 e. The molecule has 1 amide bonds. The third-order valence-corrected chi connectivity index (χ3v) is 2.43. The second kappa shape index (κ2) is 4.96. The molecule has 0 saturated heterocycles. The first-order valence-electron chi connectivity index (χ1n) is 5.83. The lowest BCUT2D eigenvalue weighted by Gasteiger charge is -2.28. The number of hydroxylamine groups is 2. The standard InChI is InChI=1S/C13H19NO4/c1-5-14(17,12(16)18-13(2,3)4)10-6-8-11(15)9-7-10/h6-9,17H,5H2,1-4H3/p+1. The van der Waals surface area contributed by atoms with E-state index in [9.17, 15) is 15.1 Å². The van der Waals surface area contributed by atoms with E-state index < -0.39 is 16.3 Å². The lowest BCUT2D eigenvalue weighted by atomic mass is 10.2. The number of nitrogens with zero attached hydrogens (tertiary/aromatic N) is 1. The Bertz CT molecular complexity index is 422. The number of quaternary nitrogens is 1. The van der Waals surface area contributed by atoms with E-state index in [1.165, 1.54) is 24.3 Å². The molecule has 18 heavy (non-hydrogen) atoms. The maximum atomic E-state index is 12.0. The monoisotopic (exact) mass is 254 g/mol. The van der Waals surface area contributed by atoms with Crippen LogP contribution >= 0.6 is 0 Å². The Morgan fingerprint density at radius 3 is 2.17 bits per heavy atom. The van der Waals surface area contributed by atoms with Gasteiger partial charge in [-0.1, -0.05) is 4.65 Å². The number of ether oxygens (including phenoxy) is 1. The molecule has 5 heteroatoms. The molecular weight excluding hydrogens is 234 g/mol. The van der Waals surface area contributed by atoms with Gasteiger partial charge < -0.3 is 9.84 Å². The number of hydrogen-bond acceptors (Lipinski definition) is 4. The summed E-state index contributed by atoms with van der Waals surface area (Å²) < 4.78 is 4.25. The number of carbonyl (C=O) groups excluding carboxylic acids is 1. The number of carbonyl (C=O) groups is 1. The van der Waals surface area contributed by atoms with Gasteiger partial charge in [0.05, 0.1) is 0 Å². The van der Waals surface area contributed by atoms with Crippen LogP contribution in [0.2, 0.25) is 0 Å². The molecule has 0 aliphatic rings. The Labute approximate surface area is 107 Å². The molecule has 0 saturated carbocycles. The van der Waals surface area contributed by atoms with Gasteiger partial charge in [-0.2, -0.15) is 4.79 Å². The van der Waals surface area contributed by atoms with Gasteiger partial charge in [0.1, 0.15) is 17.9 Å². The van der Waals surface area contributed by atoms with Crippen LogP contribution in [-0.2, 0) is 4.74 Å². The fraction of sp³-hybridized carbons (Fsp3) is 0.462. The Morgan fingerprint density at radius 2 is 1.78 bits per heavy atom. The zero-order valence-electron chi connectivity index (χ0n) is 11.2. The first-order valence-corrected chi connectivity index (χ1v) is 5.83. The summed E-state index contributed by atoms with van der Waals surface area (Å²) in [5.74, 6) is 0.0746. The number of amides is 1. The predicted molar refractivity (Wildman–Crippen MR) is 68.5 cm³/mol. The minimum Gasteiger partial charge on any atom is -0.508 e. The van der Waals surface area contributed by atoms with Crippen LogP contribution in [0.5, 0.6) is 5.75 Å². The van der Waals surface area contributed by atoms with Crippen molar-refractivity contribution >= 4 is 11.8 Å². The van der Waals surface area contributed by atoms with Gasteiger partial charge in [0, 0.05) is 12.1 Å². The van der Waals surface area contributed by atoms with Crippen LogP contribution in [0.4, 0.5) is 10.5 Å². The summed E-state index contributed by atoms with van der Waals surface area (Å²) >= 11 is 0. The highest BCUT2D eigenvalue weighted by Gasteiger charge is 2.41. The van der Waals surface area contributed by atoms with Crippen molar-refractivity contribution in [2.24, 2.45) is 0 Å². The Morgan fingerprint density at radius 1 is 1.28 bits per heavy atom. The first-order chi connectivity index (χ1) is 8.19. The maximum Gasteiger partial charge on any atom is 0.555 e. The third-order valence-electron chi connectivity index (χ3n) is 2.43. The molecule has 5 nitrogen and oxygen atoms in total. The quantitative estimate of drug-likeness (QED) is 0.483. The largest absolute Gasteiger partial charge is 0.555 e. The molecule has 1 unspecified atom stereocenters. The van der Waals surface area contributed by atoms with Crippen molar-refractivity contribution in [1.29, 1.82) is 0 Å². The van der Waals surface area contributed by atoms with E-state index in [4.69, 9.17) is 4.74 Å². The van der Waals surface area contributed by atoms with Crippen molar-refractivity contribution in [2.45, 2.75) is 33.3 Å². The summed E-state index contributed by atoms with van der Waals surface area (Å²) in [4.78, 5) is 12.0. The van der Waals surface area contributed by atoms with Crippen molar-refractivity contribution < 1.29 is 19.8 Å². The van der Waals surface area contributed by atoms with Crippen molar-refractivity contribution in [2.75, 3.05) is 6.54 Å². The van der Waals surface area contributed by atoms with Gasteiger partial charge >= 0.3 is 6.09 Å². The minimum absolute atomic E-state index is 0.0746. The normalized spacial score (nSPS) is 14.9. The fourth-order valence-electron chi connectivity index (χ4n) is 1.45. The second-order valence-corrected chi connectivity index (χ2v) is 5.08. The number of benzene rings is 1. The van der Waals surface area contributed by atoms with E-state index in [-0.39, 0.29) is 12.3 Å². The summed E-state index contributed by atoms with van der Waals surface area (Å²) in [5.41, 5.74) is -0.320. The highest BCUT2D eigenvalue weighted by molar-refractivity contribution is 5.80. The second-order valence-electron chi connectivity index (χ2n) is 5.08. The fourth-order valence-corrected chi connectivity index (χ4v) is 1.45. The lowest BCUT2D eigenvalue weighted by molar-refractivity contribution is -0.0834. The number of phenols is 1. The molecule has 0 aromatic heterocycles. The molecule has 0 spiro atoms. The van der Waals surface area contributed by atoms with Gasteiger partial charge in [-0.25, -0.2) is 5.21 Å². The maximum absolute atomic E-state index is 12.0. The van der Waals surface area contributed by atoms with E-state index in [0.717, 1.165) is 0 Å². The van der Waals surface area contributed by atoms with Gasteiger partial charge in [-0.3, -0.25) is 0 Å². The summed E-state index contributed by atoms with van der Waals surface area (Å²) in [7, 11) is 0. The number of rotatable bonds is 2. The molecule has 0 radical (unpaired) electrons. The molecule has 0 bridgehead atoms. The molecule has 0 fully saturated rings. The van der Waals surface area contributed by atoms with Gasteiger partial charge in [0.25, 0.3) is 0 Å². The molecule has 1 aromatic rings. The molecule has 1 atom stereocenters. The third kappa shape index (κ3) is 3.21. The molecule has 2 N–H and O–H groups in total. The predicted octanol–water partition coefficient (Wildman–Crippen LogP) is 3.04. The Hall–Kier alpha value is -1.59. The van der Waals surface area contributed by atoms with Crippen LogP contribution in [0.1, 0.15) is 27.7 Å². The molecule has 0 heterocycles. The molecule has 1 rings (SSSR count). The van der Waals surface area contributed by atoms with Crippen molar-refractivity contribution in [3.05, 3.63) is 24.3 Å². The van der Waals surface area contributed by atoms with Crippen molar-refractivity contribution in [3.8, 4) is 5.75 Å². The van der Waals surface area contributed by atoms with Crippen LogP contribution in [-0.4, -0.2) is 28.6 Å².